The summed E-state index contributed by atoms with van der Waals surface area (Å²) < 4.78 is 5.80. The van der Waals surface area contributed by atoms with Gasteiger partial charge in [0.05, 0.1) is 17.5 Å². The molecule has 28 heavy (non-hydrogen) atoms. The summed E-state index contributed by atoms with van der Waals surface area (Å²) in [7, 11) is 4.07. The minimum atomic E-state index is 0.189. The number of para-hydroxylation sites is 1. The number of anilines is 2. The van der Waals surface area contributed by atoms with Gasteiger partial charge in [-0.3, -0.25) is 0 Å². The average molecular weight is 378 g/mol. The standard InChI is InChI=1S/C24H31N3O/c1-25-15-16-27-21-11-13-26(14-12-23(28-2)18-7-4-3-5-8-18)17-20(21)19-9-6-10-22(25)24(19)27/h3-10,20-21,23H,11-17H2,1-2H3/t20-,21-,23?/m0/s1. The molecular weight excluding hydrogens is 346 g/mol. The van der Waals surface area contributed by atoms with Crippen molar-refractivity contribution in [1.82, 2.24) is 4.90 Å². The Bertz CT molecular complexity index is 824. The second kappa shape index (κ2) is 7.41. The summed E-state index contributed by atoms with van der Waals surface area (Å²) in [5, 5.41) is 0. The Balaban J connectivity index is 1.30. The van der Waals surface area contributed by atoms with Crippen LogP contribution in [0.2, 0.25) is 0 Å². The van der Waals surface area contributed by atoms with Gasteiger partial charge in [0.25, 0.3) is 0 Å². The topological polar surface area (TPSA) is 19.0 Å². The molecular formula is C24H31N3O. The van der Waals surface area contributed by atoms with Crippen molar-refractivity contribution >= 4 is 11.4 Å². The van der Waals surface area contributed by atoms with Gasteiger partial charge in [0, 0.05) is 58.8 Å². The lowest BCUT2D eigenvalue weighted by atomic mass is 9.89. The summed E-state index contributed by atoms with van der Waals surface area (Å²) >= 11 is 0. The zero-order chi connectivity index (χ0) is 19.1. The minimum absolute atomic E-state index is 0.189. The van der Waals surface area contributed by atoms with Gasteiger partial charge in [-0.15, -0.1) is 0 Å². The molecule has 4 heteroatoms. The highest BCUT2D eigenvalue weighted by atomic mass is 16.5. The summed E-state index contributed by atoms with van der Waals surface area (Å²) in [6.45, 7) is 5.78. The lowest BCUT2D eigenvalue weighted by Crippen LogP contribution is -2.49. The molecule has 5 rings (SSSR count). The Morgan fingerprint density at radius 2 is 1.89 bits per heavy atom. The SMILES string of the molecule is COC(CCN1CC[C@H]2[C@@H](C1)c1cccc3c1N2CCN3C)c1ccccc1. The van der Waals surface area contributed by atoms with E-state index in [4.69, 9.17) is 4.74 Å². The minimum Gasteiger partial charge on any atom is -0.377 e. The smallest absolute Gasteiger partial charge is 0.0833 e. The number of benzene rings is 2. The highest BCUT2D eigenvalue weighted by Crippen LogP contribution is 2.50. The highest BCUT2D eigenvalue weighted by Gasteiger charge is 2.44. The van der Waals surface area contributed by atoms with E-state index in [9.17, 15) is 0 Å². The molecule has 0 amide bonds. The Morgan fingerprint density at radius 3 is 2.71 bits per heavy atom. The van der Waals surface area contributed by atoms with Gasteiger partial charge >= 0.3 is 0 Å². The lowest BCUT2D eigenvalue weighted by molar-refractivity contribution is 0.0772. The first-order valence-corrected chi connectivity index (χ1v) is 10.7. The van der Waals surface area contributed by atoms with Crippen molar-refractivity contribution in [3.8, 4) is 0 Å². The van der Waals surface area contributed by atoms with E-state index in [2.05, 4.69) is 70.3 Å². The van der Waals surface area contributed by atoms with Gasteiger partial charge in [0.2, 0.25) is 0 Å². The maximum Gasteiger partial charge on any atom is 0.0833 e. The van der Waals surface area contributed by atoms with Crippen molar-refractivity contribution in [2.75, 3.05) is 56.7 Å². The van der Waals surface area contributed by atoms with Crippen molar-refractivity contribution in [2.24, 2.45) is 0 Å². The van der Waals surface area contributed by atoms with E-state index in [1.807, 2.05) is 7.11 Å². The largest absolute Gasteiger partial charge is 0.377 e. The fourth-order valence-electron chi connectivity index (χ4n) is 5.57. The Morgan fingerprint density at radius 1 is 1.04 bits per heavy atom. The summed E-state index contributed by atoms with van der Waals surface area (Å²) in [5.74, 6) is 0.646. The van der Waals surface area contributed by atoms with Gasteiger partial charge in [-0.05, 0) is 30.0 Å². The summed E-state index contributed by atoms with van der Waals surface area (Å²) in [4.78, 5) is 7.81. The van der Waals surface area contributed by atoms with Crippen LogP contribution in [0.25, 0.3) is 0 Å². The molecule has 0 spiro atoms. The predicted molar refractivity (Wildman–Crippen MR) is 115 cm³/mol. The van der Waals surface area contributed by atoms with Crippen LogP contribution in [0, 0.1) is 0 Å². The van der Waals surface area contributed by atoms with Crippen LogP contribution >= 0.6 is 0 Å². The molecule has 3 atom stereocenters. The Labute approximate surface area is 168 Å². The molecule has 0 aliphatic carbocycles. The molecule has 0 saturated carbocycles. The van der Waals surface area contributed by atoms with Crippen LogP contribution in [0.15, 0.2) is 48.5 Å². The Kier molecular flexibility index (Phi) is 4.77. The van der Waals surface area contributed by atoms with E-state index in [-0.39, 0.29) is 6.10 Å². The van der Waals surface area contributed by atoms with E-state index in [1.165, 1.54) is 43.0 Å². The van der Waals surface area contributed by atoms with Gasteiger partial charge in [0.1, 0.15) is 0 Å². The summed E-state index contributed by atoms with van der Waals surface area (Å²) in [6.07, 6.45) is 2.51. The fraction of sp³-hybridized carbons (Fsp3) is 0.500. The van der Waals surface area contributed by atoms with Crippen molar-refractivity contribution in [2.45, 2.75) is 30.9 Å². The molecule has 3 heterocycles. The third-order valence-electron chi connectivity index (χ3n) is 7.04. The van der Waals surface area contributed by atoms with Crippen molar-refractivity contribution < 1.29 is 4.74 Å². The third-order valence-corrected chi connectivity index (χ3v) is 7.04. The first-order valence-electron chi connectivity index (χ1n) is 10.7. The van der Waals surface area contributed by atoms with E-state index in [1.54, 1.807) is 5.56 Å². The van der Waals surface area contributed by atoms with Crippen LogP contribution in [0.5, 0.6) is 0 Å². The van der Waals surface area contributed by atoms with Crippen LogP contribution in [-0.2, 0) is 4.74 Å². The molecule has 148 valence electrons. The van der Waals surface area contributed by atoms with Crippen LogP contribution in [0.3, 0.4) is 0 Å². The van der Waals surface area contributed by atoms with E-state index < -0.39 is 0 Å². The molecule has 2 aromatic rings. The average Bonchev–Trinajstić information content (AvgIpc) is 3.06. The first-order chi connectivity index (χ1) is 13.8. The summed E-state index contributed by atoms with van der Waals surface area (Å²) in [5.41, 5.74) is 5.81. The maximum absolute atomic E-state index is 5.80. The van der Waals surface area contributed by atoms with Gasteiger partial charge in [-0.2, -0.15) is 0 Å². The molecule has 0 bridgehead atoms. The number of hydrogen-bond donors (Lipinski definition) is 0. The molecule has 1 saturated heterocycles. The second-order valence-electron chi connectivity index (χ2n) is 8.52. The van der Waals surface area contributed by atoms with Gasteiger partial charge < -0.3 is 19.4 Å². The van der Waals surface area contributed by atoms with Gasteiger partial charge in [0.15, 0.2) is 0 Å². The number of rotatable bonds is 5. The summed E-state index contributed by atoms with van der Waals surface area (Å²) in [6, 6.07) is 18.3. The van der Waals surface area contributed by atoms with E-state index in [0.29, 0.717) is 12.0 Å². The van der Waals surface area contributed by atoms with Crippen molar-refractivity contribution in [3.63, 3.8) is 0 Å². The number of likely N-dealkylation sites (tertiary alicyclic amines) is 1. The Hall–Kier alpha value is -2.04. The number of piperidine rings is 1. The van der Waals surface area contributed by atoms with E-state index in [0.717, 1.165) is 19.5 Å². The van der Waals surface area contributed by atoms with E-state index >= 15 is 0 Å². The lowest BCUT2D eigenvalue weighted by Gasteiger charge is -2.41. The molecule has 3 aliphatic heterocycles. The number of nitrogens with zero attached hydrogens (tertiary/aromatic N) is 3. The number of fused-ring (bicyclic) bond motifs is 3. The van der Waals surface area contributed by atoms with Crippen molar-refractivity contribution in [1.29, 1.82) is 0 Å². The number of ether oxygens (including phenoxy) is 1. The quantitative estimate of drug-likeness (QED) is 0.787. The molecule has 4 nitrogen and oxygen atoms in total. The second-order valence-corrected chi connectivity index (χ2v) is 8.52. The van der Waals surface area contributed by atoms with Crippen LogP contribution in [-0.4, -0.2) is 57.8 Å². The van der Waals surface area contributed by atoms with Gasteiger partial charge in [-0.1, -0.05) is 42.5 Å². The monoisotopic (exact) mass is 377 g/mol. The molecule has 3 aliphatic rings. The van der Waals surface area contributed by atoms with Crippen molar-refractivity contribution in [3.05, 3.63) is 59.7 Å². The van der Waals surface area contributed by atoms with Crippen LogP contribution < -0.4 is 9.80 Å². The maximum atomic E-state index is 5.80. The number of likely N-dealkylation sites (N-methyl/N-ethyl adjacent to an activating group) is 1. The van der Waals surface area contributed by atoms with Gasteiger partial charge in [-0.25, -0.2) is 0 Å². The van der Waals surface area contributed by atoms with Crippen LogP contribution in [0.1, 0.15) is 36.0 Å². The number of methoxy groups -OCH3 is 1. The normalized spacial score (nSPS) is 24.8. The van der Waals surface area contributed by atoms with Crippen LogP contribution in [0.4, 0.5) is 11.4 Å². The molecule has 1 fully saturated rings. The zero-order valence-electron chi connectivity index (χ0n) is 17.1. The molecule has 2 aromatic carbocycles. The molecule has 0 aromatic heterocycles. The molecule has 0 N–H and O–H groups in total. The highest BCUT2D eigenvalue weighted by molar-refractivity contribution is 5.80. The zero-order valence-corrected chi connectivity index (χ0v) is 17.1. The third kappa shape index (κ3) is 2.99. The predicted octanol–water partition coefficient (Wildman–Crippen LogP) is 3.89. The fourth-order valence-corrected chi connectivity index (χ4v) is 5.57. The number of hydrogen-bond acceptors (Lipinski definition) is 4. The molecule has 1 unspecified atom stereocenters. The first kappa shape index (κ1) is 18.0. The molecule has 0 radical (unpaired) electrons.